The van der Waals surface area contributed by atoms with Crippen LogP contribution in [0.5, 0.6) is 5.75 Å². The maximum Gasteiger partial charge on any atom is 0.425 e. The van der Waals surface area contributed by atoms with Crippen LogP contribution in [0.25, 0.3) is 0 Å². The lowest BCUT2D eigenvalue weighted by Gasteiger charge is -2.51. The Kier molecular flexibility index (Phi) is 11.3. The number of ether oxygens (including phenoxy) is 1. The zero-order chi connectivity index (χ0) is 37.3. The van der Waals surface area contributed by atoms with Crippen molar-refractivity contribution in [2.24, 2.45) is 0 Å². The van der Waals surface area contributed by atoms with Gasteiger partial charge in [0, 0.05) is 62.2 Å². The van der Waals surface area contributed by atoms with Gasteiger partial charge < -0.3 is 19.4 Å². The number of fused-ring (bicyclic) bond motifs is 1. The van der Waals surface area contributed by atoms with E-state index < -0.39 is 58.0 Å². The van der Waals surface area contributed by atoms with Crippen molar-refractivity contribution in [1.82, 2.24) is 19.7 Å². The van der Waals surface area contributed by atoms with Crippen molar-refractivity contribution in [3.8, 4) is 5.75 Å². The Morgan fingerprint density at radius 3 is 2.45 bits per heavy atom. The summed E-state index contributed by atoms with van der Waals surface area (Å²) in [5.41, 5.74) is -2.53. The van der Waals surface area contributed by atoms with Crippen LogP contribution in [0.2, 0.25) is 5.02 Å². The molecule has 0 radical (unpaired) electrons. The van der Waals surface area contributed by atoms with E-state index in [1.165, 1.54) is 9.80 Å². The molecule has 1 aromatic carbocycles. The number of likely N-dealkylation sites (N-methyl/N-ethyl adjacent to an activating group) is 1. The molecule has 2 aromatic heterocycles. The number of hydrogen-bond donors (Lipinski definition) is 0. The summed E-state index contributed by atoms with van der Waals surface area (Å²) in [5.74, 6) is -2.17. The third-order valence-corrected chi connectivity index (χ3v) is 10.6. The smallest absolute Gasteiger partial charge is 0.425 e. The van der Waals surface area contributed by atoms with Crippen LogP contribution in [0, 0.1) is 0 Å². The Bertz CT molecular complexity index is 1770. The maximum absolute atomic E-state index is 15.3. The van der Waals surface area contributed by atoms with E-state index in [-0.39, 0.29) is 63.4 Å². The molecular formula is C35H37ClF6N4O4S. The molecule has 3 atom stereocenters. The number of piperidine rings is 1. The molecule has 3 amide bonds. The van der Waals surface area contributed by atoms with Gasteiger partial charge in [-0.25, -0.2) is 0 Å². The minimum absolute atomic E-state index is 0.0258. The maximum atomic E-state index is 15.3. The monoisotopic (exact) mass is 758 g/mol. The predicted molar refractivity (Wildman–Crippen MR) is 178 cm³/mol. The zero-order valence-electron chi connectivity index (χ0n) is 28.1. The van der Waals surface area contributed by atoms with E-state index in [4.69, 9.17) is 16.3 Å². The minimum Gasteiger partial charge on any atom is -0.474 e. The van der Waals surface area contributed by atoms with Crippen molar-refractivity contribution >= 4 is 40.7 Å². The van der Waals surface area contributed by atoms with Gasteiger partial charge in [0.1, 0.15) is 16.3 Å². The van der Waals surface area contributed by atoms with Gasteiger partial charge in [-0.05, 0) is 54.7 Å². The molecule has 51 heavy (non-hydrogen) atoms. The first-order valence-electron chi connectivity index (χ1n) is 16.5. The van der Waals surface area contributed by atoms with Gasteiger partial charge in [-0.2, -0.15) is 26.3 Å². The first-order chi connectivity index (χ1) is 24.0. The molecule has 2 aliphatic rings. The van der Waals surface area contributed by atoms with Crippen LogP contribution in [0.15, 0.2) is 48.0 Å². The van der Waals surface area contributed by atoms with Gasteiger partial charge in [-0.15, -0.1) is 11.3 Å². The first-order valence-corrected chi connectivity index (χ1v) is 17.8. The number of hydrogen-bond acceptors (Lipinski definition) is 6. The van der Waals surface area contributed by atoms with Gasteiger partial charge in [0.05, 0.1) is 17.6 Å². The average Bonchev–Trinajstić information content (AvgIpc) is 3.56. The van der Waals surface area contributed by atoms with Gasteiger partial charge in [0.2, 0.25) is 11.5 Å². The normalized spacial score (nSPS) is 20.9. The highest BCUT2D eigenvalue weighted by molar-refractivity contribution is 7.10. The molecule has 0 spiro atoms. The van der Waals surface area contributed by atoms with Crippen LogP contribution in [-0.2, 0) is 34.9 Å². The van der Waals surface area contributed by atoms with E-state index in [1.807, 2.05) is 0 Å². The van der Waals surface area contributed by atoms with Crippen molar-refractivity contribution < 1.29 is 45.5 Å². The molecule has 16 heteroatoms. The summed E-state index contributed by atoms with van der Waals surface area (Å²) in [6.45, 7) is 3.53. The molecule has 5 rings (SSSR count). The summed E-state index contributed by atoms with van der Waals surface area (Å²) < 4.78 is 89.9. The summed E-state index contributed by atoms with van der Waals surface area (Å²) in [6, 6.07) is 5.95. The van der Waals surface area contributed by atoms with E-state index in [0.717, 1.165) is 45.8 Å². The molecule has 0 saturated carbocycles. The first kappa shape index (κ1) is 38.4. The van der Waals surface area contributed by atoms with Crippen LogP contribution in [0.4, 0.5) is 26.3 Å². The minimum atomic E-state index is -4.91. The fraction of sp³-hybridized carbons (Fsp3) is 0.486. The molecule has 4 heterocycles. The Balaban J connectivity index is 1.65. The molecule has 8 nitrogen and oxygen atoms in total. The molecule has 276 valence electrons. The van der Waals surface area contributed by atoms with Crippen molar-refractivity contribution in [2.45, 2.75) is 89.0 Å². The number of alkyl halides is 6. The van der Waals surface area contributed by atoms with Crippen LogP contribution < -0.4 is 4.74 Å². The van der Waals surface area contributed by atoms with Gasteiger partial charge in [0.25, 0.3) is 11.8 Å². The number of rotatable bonds is 9. The highest BCUT2D eigenvalue weighted by atomic mass is 35.5. The van der Waals surface area contributed by atoms with Gasteiger partial charge in [-0.1, -0.05) is 37.9 Å². The van der Waals surface area contributed by atoms with Gasteiger partial charge >= 0.3 is 12.4 Å². The van der Waals surface area contributed by atoms with Crippen LogP contribution in [0.3, 0.4) is 0 Å². The average molecular weight is 759 g/mol. The zero-order valence-corrected chi connectivity index (χ0v) is 29.7. The molecule has 0 bridgehead atoms. The lowest BCUT2D eigenvalue weighted by molar-refractivity contribution is -0.164. The SMILES string of the molecule is CCC[C@H]1N(C(=O)c2ncccc2C(F)(F)F)CCC[C@@]1(Oc1csc(C(F)(F)F)c1)C(=O)N1Cc2ccc(Cl)cc2C[C@@H]1CN(C)C(=O)CC. The molecule has 0 unspecified atom stereocenters. The van der Waals surface area contributed by atoms with Crippen molar-refractivity contribution in [3.05, 3.63) is 80.3 Å². The van der Waals surface area contributed by atoms with Crippen LogP contribution in [0.1, 0.15) is 78.0 Å². The second-order valence-electron chi connectivity index (χ2n) is 12.8. The summed E-state index contributed by atoms with van der Waals surface area (Å²) in [5, 5.41) is 1.60. The number of nitrogens with zero attached hydrogens (tertiary/aromatic N) is 4. The highest BCUT2D eigenvalue weighted by Crippen LogP contribution is 2.43. The topological polar surface area (TPSA) is 83.1 Å². The van der Waals surface area contributed by atoms with Crippen LogP contribution in [-0.4, -0.2) is 75.2 Å². The Morgan fingerprint density at radius 2 is 1.80 bits per heavy atom. The summed E-state index contributed by atoms with van der Waals surface area (Å²) in [4.78, 5) is 49.1. The second kappa shape index (κ2) is 15.0. The number of carbonyl (C=O) groups excluding carboxylic acids is 3. The van der Waals surface area contributed by atoms with Crippen molar-refractivity contribution in [3.63, 3.8) is 0 Å². The number of amides is 3. The van der Waals surface area contributed by atoms with Crippen LogP contribution >= 0.6 is 22.9 Å². The molecule has 2 aliphatic heterocycles. The predicted octanol–water partition coefficient (Wildman–Crippen LogP) is 7.88. The standard InChI is InChI=1S/C35H37ClF6N4O4S/c1-4-8-27-33(50-25-17-28(51-20-25)35(40,41)42,12-7-14-45(27)31(48)30-26(34(37,38)39)9-6-13-43-30)32(49)46-18-21-10-11-23(36)15-22(21)16-24(46)19-44(3)29(47)5-2/h6,9-11,13,15,17,20,24,27H,4-5,7-8,12,14,16,18-19H2,1-3H3/t24-,27-,33+/m1/s1. The molecular weight excluding hydrogens is 722 g/mol. The summed E-state index contributed by atoms with van der Waals surface area (Å²) in [6.07, 6.45) is -7.62. The number of thiophene rings is 1. The summed E-state index contributed by atoms with van der Waals surface area (Å²) >= 11 is 6.68. The van der Waals surface area contributed by atoms with E-state index in [2.05, 4.69) is 4.98 Å². The fourth-order valence-electron chi connectivity index (χ4n) is 7.02. The van der Waals surface area contributed by atoms with E-state index in [9.17, 15) is 35.9 Å². The Labute approximate surface area is 300 Å². The van der Waals surface area contributed by atoms with E-state index in [1.54, 1.807) is 39.1 Å². The molecule has 3 aromatic rings. The number of benzene rings is 1. The lowest BCUT2D eigenvalue weighted by atomic mass is 9.78. The Hall–Kier alpha value is -3.85. The van der Waals surface area contributed by atoms with E-state index >= 15 is 4.79 Å². The van der Waals surface area contributed by atoms with E-state index in [0.29, 0.717) is 22.8 Å². The molecule has 1 saturated heterocycles. The Morgan fingerprint density at radius 1 is 1.06 bits per heavy atom. The lowest BCUT2D eigenvalue weighted by Crippen LogP contribution is -2.69. The number of pyridine rings is 1. The number of likely N-dealkylation sites (tertiary alicyclic amines) is 1. The molecule has 1 fully saturated rings. The van der Waals surface area contributed by atoms with Crippen molar-refractivity contribution in [1.29, 1.82) is 0 Å². The largest absolute Gasteiger partial charge is 0.474 e. The molecule has 0 N–H and O–H groups in total. The third kappa shape index (κ3) is 7.98. The number of halogens is 7. The third-order valence-electron chi connectivity index (χ3n) is 9.40. The highest BCUT2D eigenvalue weighted by Gasteiger charge is 2.57. The number of aromatic nitrogens is 1. The summed E-state index contributed by atoms with van der Waals surface area (Å²) in [7, 11) is 1.60. The fourth-order valence-corrected chi connectivity index (χ4v) is 7.89. The second-order valence-corrected chi connectivity index (χ2v) is 14.1. The quantitative estimate of drug-likeness (QED) is 0.208. The van der Waals surface area contributed by atoms with Gasteiger partial charge in [-0.3, -0.25) is 19.4 Å². The molecule has 0 aliphatic carbocycles. The van der Waals surface area contributed by atoms with Crippen molar-refractivity contribution in [2.75, 3.05) is 20.1 Å². The number of carbonyl (C=O) groups is 3. The van der Waals surface area contributed by atoms with Gasteiger partial charge in [0.15, 0.2) is 0 Å².